The Kier molecular flexibility index (Phi) is 6.96. The van der Waals surface area contributed by atoms with E-state index in [2.05, 4.69) is 19.9 Å². The summed E-state index contributed by atoms with van der Waals surface area (Å²) < 4.78 is 32.7. The molecule has 7 atom stereocenters. The van der Waals surface area contributed by atoms with Crippen molar-refractivity contribution < 1.29 is 23.4 Å². The largest absolute Gasteiger partial charge is 0.462 e. The van der Waals surface area contributed by atoms with Crippen molar-refractivity contribution in [3.8, 4) is 0 Å². The highest BCUT2D eigenvalue weighted by Crippen LogP contribution is 2.45. The molecule has 0 N–H and O–H groups in total. The summed E-state index contributed by atoms with van der Waals surface area (Å²) in [5.41, 5.74) is -1.43. The molecule has 2 aliphatic heterocycles. The maximum Gasteiger partial charge on any atom is 0.306 e. The quantitative estimate of drug-likeness (QED) is 0.440. The maximum atomic E-state index is 15.5. The highest BCUT2D eigenvalue weighted by Gasteiger charge is 2.47. The molecule has 5 heteroatoms. The van der Waals surface area contributed by atoms with E-state index in [1.54, 1.807) is 6.92 Å². The lowest BCUT2D eigenvalue weighted by Crippen LogP contribution is -2.40. The molecule has 1 aliphatic carbocycles. The van der Waals surface area contributed by atoms with Gasteiger partial charge >= 0.3 is 5.97 Å². The van der Waals surface area contributed by atoms with Gasteiger partial charge in [0.1, 0.15) is 17.9 Å². The van der Waals surface area contributed by atoms with Crippen molar-refractivity contribution in [2.24, 2.45) is 17.8 Å². The lowest BCUT2D eigenvalue weighted by Gasteiger charge is -2.33. The molecule has 7 unspecified atom stereocenters. The van der Waals surface area contributed by atoms with Gasteiger partial charge in [-0.25, -0.2) is 4.39 Å². The summed E-state index contributed by atoms with van der Waals surface area (Å²) in [5.74, 6) is 0.785. The topological polar surface area (TPSA) is 44.8 Å². The molecule has 0 radical (unpaired) electrons. The molecule has 0 spiro atoms. The van der Waals surface area contributed by atoms with E-state index in [4.69, 9.17) is 14.2 Å². The van der Waals surface area contributed by atoms with E-state index >= 15 is 4.39 Å². The van der Waals surface area contributed by atoms with Crippen LogP contribution in [0.1, 0.15) is 72.1 Å². The highest BCUT2D eigenvalue weighted by molar-refractivity contribution is 5.72. The fraction of sp³-hybridized carbons (Fsp3) is 0.864. The van der Waals surface area contributed by atoms with Crippen LogP contribution in [0.15, 0.2) is 12.2 Å². The third-order valence-corrected chi connectivity index (χ3v) is 6.48. The number of rotatable bonds is 8. The van der Waals surface area contributed by atoms with E-state index in [-0.39, 0.29) is 30.2 Å². The van der Waals surface area contributed by atoms with Crippen LogP contribution in [0, 0.1) is 17.8 Å². The normalized spacial score (nSPS) is 37.2. The number of fused-ring (bicyclic) bond motifs is 1. The summed E-state index contributed by atoms with van der Waals surface area (Å²) in [5, 5.41) is 0. The molecular formula is C22H35FO4. The molecule has 3 fully saturated rings. The van der Waals surface area contributed by atoms with Gasteiger partial charge in [-0.15, -0.1) is 0 Å². The molecule has 3 rings (SSSR count). The van der Waals surface area contributed by atoms with Crippen molar-refractivity contribution in [1.82, 2.24) is 0 Å². The van der Waals surface area contributed by atoms with Gasteiger partial charge < -0.3 is 14.2 Å². The smallest absolute Gasteiger partial charge is 0.306 e. The minimum Gasteiger partial charge on any atom is -0.462 e. The van der Waals surface area contributed by atoms with Crippen LogP contribution in [0.4, 0.5) is 4.39 Å². The third-order valence-electron chi connectivity index (χ3n) is 6.48. The van der Waals surface area contributed by atoms with E-state index in [0.717, 1.165) is 38.5 Å². The Bertz CT molecular complexity index is 526. The van der Waals surface area contributed by atoms with Crippen molar-refractivity contribution >= 4 is 5.97 Å². The fourth-order valence-corrected chi connectivity index (χ4v) is 4.78. The number of unbranched alkanes of at least 4 members (excludes halogenated alkanes) is 1. The van der Waals surface area contributed by atoms with Crippen molar-refractivity contribution in [2.75, 3.05) is 6.61 Å². The molecule has 0 aromatic carbocycles. The summed E-state index contributed by atoms with van der Waals surface area (Å²) >= 11 is 0. The zero-order valence-electron chi connectivity index (χ0n) is 17.0. The second kappa shape index (κ2) is 9.04. The number of carbonyl (C=O) groups is 1. The molecule has 1 saturated carbocycles. The first kappa shape index (κ1) is 20.8. The first-order chi connectivity index (χ1) is 12.9. The SMILES string of the molecule is CCCCC(C)(F)C(/C=C/C1C(C)CC2OC(=O)CC21)OC1CCCCO1. The summed E-state index contributed by atoms with van der Waals surface area (Å²) in [6, 6.07) is 0. The van der Waals surface area contributed by atoms with E-state index in [1.165, 1.54) is 0 Å². The van der Waals surface area contributed by atoms with Gasteiger partial charge in [-0.2, -0.15) is 0 Å². The van der Waals surface area contributed by atoms with Gasteiger partial charge in [0.05, 0.1) is 6.42 Å². The summed E-state index contributed by atoms with van der Waals surface area (Å²) in [6.07, 6.45) is 9.62. The second-order valence-electron chi connectivity index (χ2n) is 8.81. The van der Waals surface area contributed by atoms with Gasteiger partial charge in [0.25, 0.3) is 0 Å². The van der Waals surface area contributed by atoms with Gasteiger partial charge in [0, 0.05) is 12.5 Å². The molecule has 0 amide bonds. The van der Waals surface area contributed by atoms with Gasteiger partial charge in [-0.05, 0) is 50.9 Å². The van der Waals surface area contributed by atoms with Crippen molar-refractivity contribution in [3.05, 3.63) is 12.2 Å². The number of hydrogen-bond acceptors (Lipinski definition) is 4. The Morgan fingerprint density at radius 1 is 1.41 bits per heavy atom. The zero-order chi connectivity index (χ0) is 19.4. The Hall–Kier alpha value is -0.940. The zero-order valence-corrected chi connectivity index (χ0v) is 17.0. The Balaban J connectivity index is 1.71. The molecule has 0 aromatic rings. The number of alkyl halides is 1. The first-order valence-electron chi connectivity index (χ1n) is 10.7. The minimum absolute atomic E-state index is 0.0278. The van der Waals surface area contributed by atoms with Crippen molar-refractivity contribution in [1.29, 1.82) is 0 Å². The molecule has 27 heavy (non-hydrogen) atoms. The lowest BCUT2D eigenvalue weighted by molar-refractivity contribution is -0.201. The number of halogens is 1. The van der Waals surface area contributed by atoms with E-state index in [1.807, 2.05) is 6.08 Å². The van der Waals surface area contributed by atoms with Crippen LogP contribution in [0.3, 0.4) is 0 Å². The predicted molar refractivity (Wildman–Crippen MR) is 102 cm³/mol. The Morgan fingerprint density at radius 2 is 2.22 bits per heavy atom. The van der Waals surface area contributed by atoms with Gasteiger partial charge in [-0.3, -0.25) is 4.79 Å². The fourth-order valence-electron chi connectivity index (χ4n) is 4.78. The number of carbonyl (C=O) groups excluding carboxylic acids is 1. The number of hydrogen-bond donors (Lipinski definition) is 0. The van der Waals surface area contributed by atoms with E-state index in [0.29, 0.717) is 25.4 Å². The van der Waals surface area contributed by atoms with Crippen molar-refractivity contribution in [2.45, 2.75) is 96.3 Å². The van der Waals surface area contributed by atoms with Crippen LogP contribution < -0.4 is 0 Å². The first-order valence-corrected chi connectivity index (χ1v) is 10.7. The Morgan fingerprint density at radius 3 is 2.93 bits per heavy atom. The van der Waals surface area contributed by atoms with Gasteiger partial charge in [-0.1, -0.05) is 38.8 Å². The predicted octanol–water partition coefficient (Wildman–Crippen LogP) is 4.96. The highest BCUT2D eigenvalue weighted by atomic mass is 19.1. The third kappa shape index (κ3) is 5.11. The van der Waals surface area contributed by atoms with E-state index < -0.39 is 11.8 Å². The molecule has 2 saturated heterocycles. The van der Waals surface area contributed by atoms with Crippen molar-refractivity contribution in [3.63, 3.8) is 0 Å². The average molecular weight is 383 g/mol. The summed E-state index contributed by atoms with van der Waals surface area (Å²) in [7, 11) is 0. The lowest BCUT2D eigenvalue weighted by atomic mass is 9.86. The Labute approximate surface area is 162 Å². The van der Waals surface area contributed by atoms with Crippen LogP contribution in [-0.2, 0) is 19.0 Å². The molecule has 4 nitrogen and oxygen atoms in total. The van der Waals surface area contributed by atoms with Gasteiger partial charge in [0.2, 0.25) is 0 Å². The number of ether oxygens (including phenoxy) is 3. The second-order valence-corrected chi connectivity index (χ2v) is 8.81. The van der Waals surface area contributed by atoms with Crippen LogP contribution in [-0.4, -0.2) is 36.7 Å². The molecule has 2 heterocycles. The van der Waals surface area contributed by atoms with Crippen LogP contribution in [0.25, 0.3) is 0 Å². The van der Waals surface area contributed by atoms with Crippen LogP contribution in [0.2, 0.25) is 0 Å². The monoisotopic (exact) mass is 382 g/mol. The molecule has 0 aromatic heterocycles. The maximum absolute atomic E-state index is 15.5. The number of allylic oxidation sites excluding steroid dienone is 1. The van der Waals surface area contributed by atoms with Gasteiger partial charge in [0.15, 0.2) is 6.29 Å². The molecule has 3 aliphatic rings. The molecule has 0 bridgehead atoms. The molecule has 154 valence electrons. The van der Waals surface area contributed by atoms with E-state index in [9.17, 15) is 4.79 Å². The minimum atomic E-state index is -1.43. The summed E-state index contributed by atoms with van der Waals surface area (Å²) in [6.45, 7) is 6.59. The number of esters is 1. The standard InChI is InChI=1S/C22H35FO4/c1-4-5-11-22(3,23)19(27-21-8-6-7-12-25-21)10-9-16-15(2)13-18-17(16)14-20(24)26-18/h9-10,15-19,21H,4-8,11-14H2,1-3H3/b10-9+. The molecular weight excluding hydrogens is 347 g/mol. The van der Waals surface area contributed by atoms with Crippen LogP contribution >= 0.6 is 0 Å². The average Bonchev–Trinajstić information content (AvgIpc) is 3.12. The summed E-state index contributed by atoms with van der Waals surface area (Å²) in [4.78, 5) is 11.6. The van der Waals surface area contributed by atoms with Crippen LogP contribution in [0.5, 0.6) is 0 Å².